The number of hydrogen-bond acceptors (Lipinski definition) is 3. The molecule has 150 valence electrons. The summed E-state index contributed by atoms with van der Waals surface area (Å²) in [7, 11) is 0. The first-order valence-corrected chi connectivity index (χ1v) is 10.1. The number of nitriles is 1. The highest BCUT2D eigenvalue weighted by Gasteiger charge is 2.08. The molecule has 5 nitrogen and oxygen atoms in total. The van der Waals surface area contributed by atoms with Crippen LogP contribution in [0.3, 0.4) is 0 Å². The molecule has 0 fully saturated rings. The van der Waals surface area contributed by atoms with Gasteiger partial charge in [0.2, 0.25) is 0 Å². The van der Waals surface area contributed by atoms with E-state index < -0.39 is 0 Å². The van der Waals surface area contributed by atoms with E-state index in [1.165, 1.54) is 0 Å². The summed E-state index contributed by atoms with van der Waals surface area (Å²) in [6.07, 6.45) is 4.03. The second-order valence-corrected chi connectivity index (χ2v) is 7.50. The molecule has 0 unspecified atom stereocenters. The Morgan fingerprint density at radius 3 is 2.68 bits per heavy atom. The largest absolute Gasteiger partial charge is 0.487 e. The van der Waals surface area contributed by atoms with Crippen LogP contribution in [0.15, 0.2) is 71.7 Å². The van der Waals surface area contributed by atoms with Crippen LogP contribution in [0.1, 0.15) is 22.5 Å². The Kier molecular flexibility index (Phi) is 4.74. The molecule has 0 saturated carbocycles. The lowest BCUT2D eigenvalue weighted by molar-refractivity contribution is 0.304. The predicted octanol–water partition coefficient (Wildman–Crippen LogP) is 2.15. The minimum Gasteiger partial charge on any atom is -0.487 e. The van der Waals surface area contributed by atoms with Gasteiger partial charge in [0.15, 0.2) is 0 Å². The number of hydrogen-bond donors (Lipinski definition) is 2. The highest BCUT2D eigenvalue weighted by Crippen LogP contribution is 2.09. The molecule has 0 spiro atoms. The third-order valence-corrected chi connectivity index (χ3v) is 5.17. The highest BCUT2D eigenvalue weighted by molar-refractivity contribution is 5.77. The Labute approximate surface area is 179 Å². The van der Waals surface area contributed by atoms with E-state index in [-0.39, 0.29) is 0 Å². The lowest BCUT2D eigenvalue weighted by atomic mass is 10.2. The normalized spacial score (nSPS) is 14.5. The van der Waals surface area contributed by atoms with Gasteiger partial charge in [0.05, 0.1) is 33.4 Å². The number of benzene rings is 2. The second kappa shape index (κ2) is 7.85. The van der Waals surface area contributed by atoms with Crippen LogP contribution in [0.2, 0.25) is 0 Å². The predicted molar refractivity (Wildman–Crippen MR) is 120 cm³/mol. The first-order chi connectivity index (χ1) is 15.2. The van der Waals surface area contributed by atoms with Gasteiger partial charge in [-0.1, -0.05) is 30.3 Å². The summed E-state index contributed by atoms with van der Waals surface area (Å²) >= 11 is 0. The maximum Gasteiger partial charge on any atom is 0.145 e. The van der Waals surface area contributed by atoms with E-state index in [1.54, 1.807) is 6.07 Å². The fourth-order valence-corrected chi connectivity index (χ4v) is 3.61. The van der Waals surface area contributed by atoms with Gasteiger partial charge in [-0.3, -0.25) is 0 Å². The Bertz CT molecular complexity index is 1550. The fourth-order valence-electron chi connectivity index (χ4n) is 3.61. The standard InChI is InChI=1S/C26H20N4O/c1-17-7-9-21(28-17)13-25-26(31-16-18-5-3-2-4-6-18)14-24(30-25)23-12-20-11-19(15-27)8-10-22(20)29-23/h2-14,28,30H,16H2,1H3/b24-23-,25-13+. The molecule has 1 aliphatic heterocycles. The quantitative estimate of drug-likeness (QED) is 0.547. The van der Waals surface area contributed by atoms with Crippen LogP contribution >= 0.6 is 0 Å². The minimum absolute atomic E-state index is 0.477. The summed E-state index contributed by atoms with van der Waals surface area (Å²) in [6.45, 7) is 2.50. The molecule has 3 heterocycles. The van der Waals surface area contributed by atoms with Crippen molar-refractivity contribution in [2.24, 2.45) is 4.99 Å². The zero-order valence-electron chi connectivity index (χ0n) is 17.0. The Morgan fingerprint density at radius 2 is 1.90 bits per heavy atom. The first kappa shape index (κ1) is 18.7. The Balaban J connectivity index is 1.61. The average molecular weight is 404 g/mol. The molecule has 2 N–H and O–H groups in total. The highest BCUT2D eigenvalue weighted by atomic mass is 16.5. The number of H-pyrrole nitrogens is 2. The van der Waals surface area contributed by atoms with Crippen LogP contribution in [0.25, 0.3) is 17.8 Å². The van der Waals surface area contributed by atoms with Gasteiger partial charge in [-0.25, -0.2) is 4.99 Å². The average Bonchev–Trinajstić information content (AvgIpc) is 3.51. The van der Waals surface area contributed by atoms with Crippen molar-refractivity contribution in [2.45, 2.75) is 13.5 Å². The van der Waals surface area contributed by atoms with Crippen molar-refractivity contribution < 1.29 is 4.74 Å². The molecule has 5 rings (SSSR count). The van der Waals surface area contributed by atoms with Crippen molar-refractivity contribution in [1.82, 2.24) is 9.97 Å². The summed E-state index contributed by atoms with van der Waals surface area (Å²) < 4.78 is 6.17. The molecule has 0 amide bonds. The van der Waals surface area contributed by atoms with E-state index in [0.717, 1.165) is 49.7 Å². The first-order valence-electron chi connectivity index (χ1n) is 10.1. The summed E-state index contributed by atoms with van der Waals surface area (Å²) in [5.41, 5.74) is 4.64. The molecule has 2 aromatic heterocycles. The Morgan fingerprint density at radius 1 is 1.03 bits per heavy atom. The van der Waals surface area contributed by atoms with E-state index in [0.29, 0.717) is 12.2 Å². The van der Waals surface area contributed by atoms with Crippen molar-refractivity contribution in [1.29, 1.82) is 5.26 Å². The van der Waals surface area contributed by atoms with Crippen LogP contribution in [0.4, 0.5) is 0 Å². The van der Waals surface area contributed by atoms with Gasteiger partial charge in [0.25, 0.3) is 0 Å². The number of fused-ring (bicyclic) bond motifs is 1. The van der Waals surface area contributed by atoms with Crippen molar-refractivity contribution in [2.75, 3.05) is 0 Å². The van der Waals surface area contributed by atoms with Crippen LogP contribution in [-0.4, -0.2) is 9.97 Å². The summed E-state index contributed by atoms with van der Waals surface area (Å²) in [5, 5.41) is 12.7. The monoisotopic (exact) mass is 404 g/mol. The second-order valence-electron chi connectivity index (χ2n) is 7.50. The molecule has 0 aliphatic carbocycles. The SMILES string of the molecule is Cc1ccc(/C=c2/[nH]/c(=C3/C=c4cc(C#N)ccc4=N3)cc2OCc2ccccc2)[nH]1. The lowest BCUT2D eigenvalue weighted by Gasteiger charge is -2.03. The molecule has 0 saturated heterocycles. The molecule has 5 heteroatoms. The Hall–Kier alpha value is -4.30. The van der Waals surface area contributed by atoms with Crippen molar-refractivity contribution in [3.63, 3.8) is 0 Å². The molecule has 1 aliphatic rings. The summed E-state index contributed by atoms with van der Waals surface area (Å²) in [5.74, 6) is 0.760. The third kappa shape index (κ3) is 3.92. The van der Waals surface area contributed by atoms with E-state index in [1.807, 2.05) is 79.7 Å². The van der Waals surface area contributed by atoms with Gasteiger partial charge in [-0.15, -0.1) is 0 Å². The molecule has 0 bridgehead atoms. The fraction of sp³-hybridized carbons (Fsp3) is 0.0769. The van der Waals surface area contributed by atoms with Gasteiger partial charge in [-0.2, -0.15) is 5.26 Å². The number of ether oxygens (including phenoxy) is 1. The molecule has 0 atom stereocenters. The number of nitrogens with zero attached hydrogens (tertiary/aromatic N) is 2. The van der Waals surface area contributed by atoms with Gasteiger partial charge in [0.1, 0.15) is 12.4 Å². The molecule has 0 radical (unpaired) electrons. The van der Waals surface area contributed by atoms with Gasteiger partial charge < -0.3 is 14.7 Å². The molecular formula is C26H20N4O. The smallest absolute Gasteiger partial charge is 0.145 e. The third-order valence-electron chi connectivity index (χ3n) is 5.17. The number of aromatic amines is 2. The number of aromatic nitrogens is 2. The zero-order chi connectivity index (χ0) is 21.2. The molecule has 2 aromatic carbocycles. The summed E-state index contributed by atoms with van der Waals surface area (Å²) in [4.78, 5) is 11.5. The maximum atomic E-state index is 9.16. The zero-order valence-corrected chi connectivity index (χ0v) is 17.0. The van der Waals surface area contributed by atoms with Crippen LogP contribution in [-0.2, 0) is 6.61 Å². The number of rotatable bonds is 4. The van der Waals surface area contributed by atoms with Gasteiger partial charge in [0, 0.05) is 22.7 Å². The van der Waals surface area contributed by atoms with Gasteiger partial charge >= 0.3 is 0 Å². The topological polar surface area (TPSA) is 77.0 Å². The van der Waals surface area contributed by atoms with Gasteiger partial charge in [-0.05, 0) is 55.0 Å². The van der Waals surface area contributed by atoms with Crippen LogP contribution in [0, 0.1) is 18.3 Å². The minimum atomic E-state index is 0.477. The van der Waals surface area contributed by atoms with Crippen molar-refractivity contribution in [3.05, 3.63) is 111 Å². The van der Waals surface area contributed by atoms with Crippen molar-refractivity contribution in [3.8, 4) is 11.8 Å². The van der Waals surface area contributed by atoms with Crippen molar-refractivity contribution >= 4 is 17.8 Å². The van der Waals surface area contributed by atoms with Crippen LogP contribution < -0.4 is 26.0 Å². The van der Waals surface area contributed by atoms with E-state index in [9.17, 15) is 0 Å². The van der Waals surface area contributed by atoms with E-state index in [2.05, 4.69) is 16.0 Å². The van der Waals surface area contributed by atoms with Crippen LogP contribution in [0.5, 0.6) is 5.75 Å². The molecule has 4 aromatic rings. The lowest BCUT2D eigenvalue weighted by Crippen LogP contribution is -2.20. The molecular weight excluding hydrogens is 384 g/mol. The van der Waals surface area contributed by atoms with E-state index >= 15 is 0 Å². The molecule has 31 heavy (non-hydrogen) atoms. The summed E-state index contributed by atoms with van der Waals surface area (Å²) in [6, 6.07) is 23.9. The van der Waals surface area contributed by atoms with E-state index in [4.69, 9.17) is 15.0 Å². The maximum absolute atomic E-state index is 9.16. The number of aryl methyl sites for hydroxylation is 1. The number of nitrogens with one attached hydrogen (secondary N) is 2.